The van der Waals surface area contributed by atoms with E-state index in [0.717, 1.165) is 27.6 Å². The molecule has 0 saturated carbocycles. The van der Waals surface area contributed by atoms with Gasteiger partial charge >= 0.3 is 0 Å². The second kappa shape index (κ2) is 8.28. The number of aromatic nitrogens is 2. The van der Waals surface area contributed by atoms with E-state index in [-0.39, 0.29) is 11.8 Å². The SMILES string of the molecule is O=C(C[C@H](c1ccc(Cl)nc1)c1c[nH]c2ccccc12)NCc1ccccc1. The highest BCUT2D eigenvalue weighted by atomic mass is 35.5. The Morgan fingerprint density at radius 3 is 2.61 bits per heavy atom. The molecule has 0 radical (unpaired) electrons. The minimum absolute atomic E-state index is 0.00548. The summed E-state index contributed by atoms with van der Waals surface area (Å²) in [6, 6.07) is 21.7. The van der Waals surface area contributed by atoms with Gasteiger partial charge in [-0.25, -0.2) is 4.98 Å². The van der Waals surface area contributed by atoms with Crippen molar-refractivity contribution in [1.82, 2.24) is 15.3 Å². The molecule has 4 nitrogen and oxygen atoms in total. The number of fused-ring (bicyclic) bond motifs is 1. The average molecular weight is 390 g/mol. The predicted molar refractivity (Wildman–Crippen MR) is 112 cm³/mol. The van der Waals surface area contributed by atoms with Gasteiger partial charge in [-0.2, -0.15) is 0 Å². The van der Waals surface area contributed by atoms with Gasteiger partial charge in [0.2, 0.25) is 5.91 Å². The van der Waals surface area contributed by atoms with Gasteiger partial charge in [-0.05, 0) is 28.8 Å². The van der Waals surface area contributed by atoms with Gasteiger partial charge in [0, 0.05) is 42.2 Å². The summed E-state index contributed by atoms with van der Waals surface area (Å²) >= 11 is 5.96. The summed E-state index contributed by atoms with van der Waals surface area (Å²) in [7, 11) is 0. The molecular formula is C23H20ClN3O. The second-order valence-electron chi connectivity index (χ2n) is 6.72. The standard InChI is InChI=1S/C23H20ClN3O/c24-22-11-10-17(14-26-22)19(20-15-25-21-9-5-4-8-18(20)21)12-23(28)27-13-16-6-2-1-3-7-16/h1-11,14-15,19,25H,12-13H2,(H,27,28)/t19-/m1/s1. The van der Waals surface area contributed by atoms with Crippen LogP contribution in [-0.2, 0) is 11.3 Å². The number of carbonyl (C=O) groups is 1. The zero-order chi connectivity index (χ0) is 19.3. The summed E-state index contributed by atoms with van der Waals surface area (Å²) in [6.45, 7) is 0.513. The number of nitrogens with zero attached hydrogens (tertiary/aromatic N) is 1. The van der Waals surface area contributed by atoms with Crippen LogP contribution < -0.4 is 5.32 Å². The Balaban J connectivity index is 1.60. The molecule has 2 aromatic carbocycles. The number of rotatable bonds is 6. The fourth-order valence-corrected chi connectivity index (χ4v) is 3.55. The van der Waals surface area contributed by atoms with Crippen LogP contribution in [0.25, 0.3) is 10.9 Å². The molecule has 0 aliphatic heterocycles. The van der Waals surface area contributed by atoms with Crippen LogP contribution in [0.1, 0.15) is 29.0 Å². The molecule has 0 spiro atoms. The third-order valence-electron chi connectivity index (χ3n) is 4.87. The Morgan fingerprint density at radius 1 is 1.04 bits per heavy atom. The molecule has 0 bridgehead atoms. The van der Waals surface area contributed by atoms with Crippen LogP contribution >= 0.6 is 11.6 Å². The first-order chi connectivity index (χ1) is 13.7. The highest BCUT2D eigenvalue weighted by Crippen LogP contribution is 2.33. The minimum Gasteiger partial charge on any atom is -0.361 e. The quantitative estimate of drug-likeness (QED) is 0.453. The van der Waals surface area contributed by atoms with Crippen molar-refractivity contribution < 1.29 is 4.79 Å². The summed E-state index contributed by atoms with van der Waals surface area (Å²) in [5.74, 6) is -0.120. The normalized spacial score (nSPS) is 12.0. The molecule has 140 valence electrons. The summed E-state index contributed by atoms with van der Waals surface area (Å²) in [5, 5.41) is 4.57. The first kappa shape index (κ1) is 18.3. The van der Waals surface area contributed by atoms with Gasteiger partial charge in [0.15, 0.2) is 0 Å². The monoisotopic (exact) mass is 389 g/mol. The maximum Gasteiger partial charge on any atom is 0.221 e. The van der Waals surface area contributed by atoms with Gasteiger partial charge in [-0.3, -0.25) is 4.79 Å². The predicted octanol–water partition coefficient (Wildman–Crippen LogP) is 5.05. The lowest BCUT2D eigenvalue weighted by molar-refractivity contribution is -0.121. The van der Waals surface area contributed by atoms with Crippen molar-refractivity contribution in [3.05, 3.63) is 101 Å². The number of hydrogen-bond acceptors (Lipinski definition) is 2. The molecule has 5 heteroatoms. The van der Waals surface area contributed by atoms with E-state index in [2.05, 4.69) is 21.4 Å². The lowest BCUT2D eigenvalue weighted by Gasteiger charge is -2.17. The van der Waals surface area contributed by atoms with Crippen molar-refractivity contribution >= 4 is 28.4 Å². The van der Waals surface area contributed by atoms with E-state index in [1.165, 1.54) is 0 Å². The number of para-hydroxylation sites is 1. The Hall–Kier alpha value is -3.11. The summed E-state index contributed by atoms with van der Waals surface area (Å²) in [5.41, 5.74) is 4.17. The Labute approximate surface area is 168 Å². The van der Waals surface area contributed by atoms with Crippen LogP contribution in [0.15, 0.2) is 79.1 Å². The van der Waals surface area contributed by atoms with Crippen molar-refractivity contribution in [3.63, 3.8) is 0 Å². The Kier molecular flexibility index (Phi) is 5.40. The number of nitrogens with one attached hydrogen (secondary N) is 2. The molecule has 1 amide bonds. The third-order valence-corrected chi connectivity index (χ3v) is 5.09. The van der Waals surface area contributed by atoms with Crippen molar-refractivity contribution in [1.29, 1.82) is 0 Å². The largest absolute Gasteiger partial charge is 0.361 e. The van der Waals surface area contributed by atoms with Gasteiger partial charge in [0.05, 0.1) is 0 Å². The van der Waals surface area contributed by atoms with Crippen LogP contribution in [0, 0.1) is 0 Å². The molecule has 2 N–H and O–H groups in total. The van der Waals surface area contributed by atoms with E-state index in [1.54, 1.807) is 12.3 Å². The molecule has 2 heterocycles. The molecule has 0 aliphatic rings. The summed E-state index contributed by atoms with van der Waals surface area (Å²) < 4.78 is 0. The van der Waals surface area contributed by atoms with Gasteiger partial charge in [0.25, 0.3) is 0 Å². The van der Waals surface area contributed by atoms with E-state index in [4.69, 9.17) is 11.6 Å². The highest BCUT2D eigenvalue weighted by molar-refractivity contribution is 6.29. The molecule has 28 heavy (non-hydrogen) atoms. The molecule has 0 aliphatic carbocycles. The number of amides is 1. The topological polar surface area (TPSA) is 57.8 Å². The van der Waals surface area contributed by atoms with Crippen LogP contribution in [-0.4, -0.2) is 15.9 Å². The molecule has 1 atom stereocenters. The van der Waals surface area contributed by atoms with Gasteiger partial charge in [-0.1, -0.05) is 66.2 Å². The zero-order valence-electron chi connectivity index (χ0n) is 15.2. The summed E-state index contributed by atoms with van der Waals surface area (Å²) in [6.07, 6.45) is 4.06. The van der Waals surface area contributed by atoms with E-state index in [0.29, 0.717) is 18.1 Å². The molecule has 0 fully saturated rings. The van der Waals surface area contributed by atoms with Gasteiger partial charge in [-0.15, -0.1) is 0 Å². The maximum atomic E-state index is 12.7. The fourth-order valence-electron chi connectivity index (χ4n) is 3.44. The second-order valence-corrected chi connectivity index (χ2v) is 7.11. The zero-order valence-corrected chi connectivity index (χ0v) is 16.0. The molecule has 4 rings (SSSR count). The van der Waals surface area contributed by atoms with E-state index >= 15 is 0 Å². The van der Waals surface area contributed by atoms with Gasteiger partial charge in [0.1, 0.15) is 5.15 Å². The number of H-pyrrole nitrogens is 1. The third kappa shape index (κ3) is 4.07. The number of pyridine rings is 1. The minimum atomic E-state index is -0.114. The Morgan fingerprint density at radius 2 is 1.82 bits per heavy atom. The van der Waals surface area contributed by atoms with Crippen LogP contribution in [0.3, 0.4) is 0 Å². The fraction of sp³-hybridized carbons (Fsp3) is 0.130. The lowest BCUT2D eigenvalue weighted by Crippen LogP contribution is -2.25. The lowest BCUT2D eigenvalue weighted by atomic mass is 9.89. The van der Waals surface area contributed by atoms with E-state index < -0.39 is 0 Å². The maximum absolute atomic E-state index is 12.7. The molecule has 0 unspecified atom stereocenters. The molecular weight excluding hydrogens is 370 g/mol. The van der Waals surface area contributed by atoms with Crippen LogP contribution in [0.2, 0.25) is 5.15 Å². The van der Waals surface area contributed by atoms with Crippen LogP contribution in [0.5, 0.6) is 0 Å². The number of hydrogen-bond donors (Lipinski definition) is 2. The van der Waals surface area contributed by atoms with Crippen molar-refractivity contribution in [2.24, 2.45) is 0 Å². The average Bonchev–Trinajstić information content (AvgIpc) is 3.16. The summed E-state index contributed by atoms with van der Waals surface area (Å²) in [4.78, 5) is 20.2. The van der Waals surface area contributed by atoms with Crippen molar-refractivity contribution in [2.75, 3.05) is 0 Å². The van der Waals surface area contributed by atoms with Gasteiger partial charge < -0.3 is 10.3 Å². The first-order valence-corrected chi connectivity index (χ1v) is 9.56. The first-order valence-electron chi connectivity index (χ1n) is 9.19. The number of halogens is 1. The highest BCUT2D eigenvalue weighted by Gasteiger charge is 2.21. The van der Waals surface area contributed by atoms with Crippen LogP contribution in [0.4, 0.5) is 0 Å². The number of aromatic amines is 1. The van der Waals surface area contributed by atoms with E-state index in [9.17, 15) is 4.79 Å². The molecule has 4 aromatic rings. The Bertz CT molecular complexity index is 1070. The van der Waals surface area contributed by atoms with E-state index in [1.807, 2.05) is 60.8 Å². The molecule has 0 saturated heterocycles. The van der Waals surface area contributed by atoms with Crippen molar-refractivity contribution in [2.45, 2.75) is 18.9 Å². The molecule has 2 aromatic heterocycles. The number of carbonyl (C=O) groups excluding carboxylic acids is 1. The van der Waals surface area contributed by atoms with Crippen molar-refractivity contribution in [3.8, 4) is 0 Å². The smallest absolute Gasteiger partial charge is 0.221 e. The number of benzene rings is 2.